The van der Waals surface area contributed by atoms with Gasteiger partial charge in [-0.05, 0) is 136 Å². The molecule has 2 aromatic carbocycles. The van der Waals surface area contributed by atoms with Gasteiger partial charge in [-0.3, -0.25) is 0 Å². The van der Waals surface area contributed by atoms with Crippen LogP contribution in [0.1, 0.15) is 111 Å². The van der Waals surface area contributed by atoms with E-state index in [4.69, 9.17) is 39.8 Å². The molecule has 12 nitrogen and oxygen atoms in total. The standard InChI is InChI=1S/C21H37NO3Si.C14H24O3Si.C8H19NO3Si.C6H13N.C3H6/c1-5-20-13-15-21(16-14-20)12-9-10-17-22-18-11-19-26(23-6-2,24-7-3)25-8-4;1-4-15-18(16-5-2,17-6-3)13-12-14-10-8-7-9-11-14;1-5-9-7-6-8-13(10-2,11-3)12-4;1-3-5-6-7-4-2;1-3-2/h5,13-16,22H,1,6-12,17-19H2,2-4H3;7-11H,4-6,12-13H2,1-3H3;5,9H,1,6-8H2,2-4H3;4,7H,2-3,5-6H2,1H3;3H,1H2,2H3. The second-order valence-electron chi connectivity index (χ2n) is 14.7. The van der Waals surface area contributed by atoms with Crippen LogP contribution in [0.2, 0.25) is 18.1 Å². The van der Waals surface area contributed by atoms with E-state index in [1.54, 1.807) is 39.8 Å². The van der Waals surface area contributed by atoms with Crippen LogP contribution < -0.4 is 16.0 Å². The molecule has 2 aromatic rings. The van der Waals surface area contributed by atoms with Crippen molar-refractivity contribution in [2.75, 3.05) is 87.1 Å². The number of nitrogens with one attached hydrogen (secondary N) is 3. The zero-order valence-corrected chi connectivity index (χ0v) is 47.4. The van der Waals surface area contributed by atoms with E-state index in [1.807, 2.05) is 60.6 Å². The average Bonchev–Trinajstić information content (AvgIpc) is 3.34. The molecule has 0 spiro atoms. The topological polar surface area (TPSA) is 119 Å². The fraction of sp³-hybridized carbons (Fsp3) is 0.615. The lowest BCUT2D eigenvalue weighted by Crippen LogP contribution is -2.46. The number of rotatable bonds is 37. The Morgan fingerprint density at radius 2 is 0.866 bits per heavy atom. The molecule has 0 fully saturated rings. The third kappa shape index (κ3) is 37.8. The van der Waals surface area contributed by atoms with Gasteiger partial charge in [-0.25, -0.2) is 0 Å². The molecule has 0 radical (unpaired) electrons. The van der Waals surface area contributed by atoms with Crippen molar-refractivity contribution in [3.05, 3.63) is 116 Å². The Hall–Kier alpha value is -2.75. The Morgan fingerprint density at radius 1 is 0.463 bits per heavy atom. The lowest BCUT2D eigenvalue weighted by Gasteiger charge is -2.28. The molecular formula is C52H99N3O9Si3. The summed E-state index contributed by atoms with van der Waals surface area (Å²) in [7, 11) is -2.41. The van der Waals surface area contributed by atoms with Gasteiger partial charge in [0.25, 0.3) is 0 Å². The molecule has 2 rings (SSSR count). The van der Waals surface area contributed by atoms with Crippen molar-refractivity contribution < 1.29 is 39.8 Å². The Morgan fingerprint density at radius 3 is 1.28 bits per heavy atom. The number of aryl methyl sites for hydroxylation is 2. The van der Waals surface area contributed by atoms with Crippen LogP contribution in [0.5, 0.6) is 0 Å². The zero-order chi connectivity index (χ0) is 50.8. The molecule has 0 heterocycles. The number of hydrogen-bond acceptors (Lipinski definition) is 12. The SMILES string of the molecule is C=CC.C=CNCCCC.C=CNCCC[Si](OC)(OC)OC.C=Cc1ccc(CCCCNCCC[Si](OCC)(OCC)OCC)cc1.CCO[Si](CCc1ccccc1)(OCC)OCC. The number of hydrogen-bond donors (Lipinski definition) is 3. The van der Waals surface area contributed by atoms with Gasteiger partial charge in [0.1, 0.15) is 0 Å². The molecule has 0 aromatic heterocycles. The van der Waals surface area contributed by atoms with E-state index >= 15 is 0 Å². The summed E-state index contributed by atoms with van der Waals surface area (Å²) in [5.74, 6) is 0. The molecule has 0 saturated heterocycles. The molecule has 0 unspecified atom stereocenters. The summed E-state index contributed by atoms with van der Waals surface area (Å²) < 4.78 is 50.9. The largest absolute Gasteiger partial charge is 0.501 e. The first-order chi connectivity index (χ1) is 32.5. The van der Waals surface area contributed by atoms with Crippen molar-refractivity contribution in [1.82, 2.24) is 16.0 Å². The minimum atomic E-state index is -2.48. The van der Waals surface area contributed by atoms with Gasteiger partial charge in [0.15, 0.2) is 0 Å². The quantitative estimate of drug-likeness (QED) is 0.0340. The molecule has 3 N–H and O–H groups in total. The van der Waals surface area contributed by atoms with Crippen molar-refractivity contribution >= 4 is 32.5 Å². The predicted molar refractivity (Wildman–Crippen MR) is 291 cm³/mol. The molecule has 0 aliphatic carbocycles. The summed E-state index contributed by atoms with van der Waals surface area (Å²) in [5, 5.41) is 9.56. The normalized spacial score (nSPS) is 10.9. The molecule has 67 heavy (non-hydrogen) atoms. The van der Waals surface area contributed by atoms with E-state index in [2.05, 4.69) is 97.7 Å². The van der Waals surface area contributed by atoms with Gasteiger partial charge >= 0.3 is 26.4 Å². The van der Waals surface area contributed by atoms with Crippen LogP contribution in [0.15, 0.2) is 99.4 Å². The summed E-state index contributed by atoms with van der Waals surface area (Å²) in [6.07, 6.45) is 16.0. The van der Waals surface area contributed by atoms with Gasteiger partial charge in [-0.15, -0.1) is 6.58 Å². The second kappa shape index (κ2) is 49.7. The van der Waals surface area contributed by atoms with Gasteiger partial charge in [-0.2, -0.15) is 0 Å². The zero-order valence-electron chi connectivity index (χ0n) is 44.4. The minimum absolute atomic E-state index is 0.640. The maximum absolute atomic E-state index is 5.88. The van der Waals surface area contributed by atoms with Crippen molar-refractivity contribution in [1.29, 1.82) is 0 Å². The molecule has 0 bridgehead atoms. The lowest BCUT2D eigenvalue weighted by molar-refractivity contribution is 0.0703. The second-order valence-corrected chi connectivity index (χ2v) is 23.2. The van der Waals surface area contributed by atoms with Crippen LogP contribution in [0.25, 0.3) is 6.08 Å². The van der Waals surface area contributed by atoms with Gasteiger partial charge < -0.3 is 55.8 Å². The first kappa shape index (κ1) is 68.5. The highest BCUT2D eigenvalue weighted by Gasteiger charge is 2.40. The lowest BCUT2D eigenvalue weighted by atomic mass is 10.1. The number of unbranched alkanes of at least 4 members (excludes halogenated alkanes) is 2. The monoisotopic (exact) mass is 994 g/mol. The van der Waals surface area contributed by atoms with E-state index in [0.29, 0.717) is 39.6 Å². The molecule has 0 aliphatic rings. The first-order valence-corrected chi connectivity index (χ1v) is 30.5. The Balaban J connectivity index is -0.000000867. The summed E-state index contributed by atoms with van der Waals surface area (Å²) in [6, 6.07) is 21.6. The summed E-state index contributed by atoms with van der Waals surface area (Å²) in [5.41, 5.74) is 3.88. The van der Waals surface area contributed by atoms with E-state index in [-0.39, 0.29) is 0 Å². The average molecular weight is 995 g/mol. The Bertz CT molecular complexity index is 1340. The van der Waals surface area contributed by atoms with Crippen molar-refractivity contribution in [3.63, 3.8) is 0 Å². The first-order valence-electron chi connectivity index (χ1n) is 24.7. The number of allylic oxidation sites excluding steroid dienone is 1. The van der Waals surface area contributed by atoms with Gasteiger partial charge in [0, 0.05) is 92.2 Å². The highest BCUT2D eigenvalue weighted by atomic mass is 28.4. The summed E-state index contributed by atoms with van der Waals surface area (Å²) in [6.45, 7) is 38.1. The minimum Gasteiger partial charge on any atom is -0.391 e. The van der Waals surface area contributed by atoms with Gasteiger partial charge in [0.05, 0.1) is 0 Å². The van der Waals surface area contributed by atoms with Gasteiger partial charge in [0.2, 0.25) is 0 Å². The maximum Gasteiger partial charge on any atom is 0.501 e. The fourth-order valence-corrected chi connectivity index (χ4v) is 13.3. The van der Waals surface area contributed by atoms with E-state index < -0.39 is 26.4 Å². The van der Waals surface area contributed by atoms with Crippen molar-refractivity contribution in [2.24, 2.45) is 0 Å². The Kier molecular flexibility index (Phi) is 50.8. The third-order valence-corrected chi connectivity index (χ3v) is 18.6. The molecule has 0 saturated carbocycles. The van der Waals surface area contributed by atoms with Crippen LogP contribution in [-0.4, -0.2) is 114 Å². The fourth-order valence-electron chi connectivity index (χ4n) is 6.35. The molecule has 0 aliphatic heterocycles. The van der Waals surface area contributed by atoms with Gasteiger partial charge in [-0.1, -0.05) is 99.8 Å². The van der Waals surface area contributed by atoms with Crippen LogP contribution in [0.3, 0.4) is 0 Å². The molecular weight excluding hydrogens is 895 g/mol. The summed E-state index contributed by atoms with van der Waals surface area (Å²) >= 11 is 0. The highest BCUT2D eigenvalue weighted by molar-refractivity contribution is 6.61. The molecule has 0 atom stereocenters. The smallest absolute Gasteiger partial charge is 0.391 e. The van der Waals surface area contributed by atoms with Crippen molar-refractivity contribution in [2.45, 2.75) is 125 Å². The van der Waals surface area contributed by atoms with Crippen molar-refractivity contribution in [3.8, 4) is 0 Å². The van der Waals surface area contributed by atoms with Crippen LogP contribution in [0, 0.1) is 0 Å². The predicted octanol–water partition coefficient (Wildman–Crippen LogP) is 11.7. The summed E-state index contributed by atoms with van der Waals surface area (Å²) in [4.78, 5) is 0. The van der Waals surface area contributed by atoms with E-state index in [1.165, 1.54) is 42.4 Å². The maximum atomic E-state index is 5.88. The molecule has 388 valence electrons. The molecule has 15 heteroatoms. The Labute approximate surface area is 414 Å². The van der Waals surface area contributed by atoms with Crippen LogP contribution in [-0.2, 0) is 52.7 Å². The highest BCUT2D eigenvalue weighted by Crippen LogP contribution is 2.20. The van der Waals surface area contributed by atoms with Crippen LogP contribution >= 0.6 is 0 Å². The number of benzene rings is 2. The van der Waals surface area contributed by atoms with E-state index in [0.717, 1.165) is 70.0 Å². The third-order valence-electron chi connectivity index (χ3n) is 9.57. The van der Waals surface area contributed by atoms with E-state index in [9.17, 15) is 0 Å². The molecule has 0 amide bonds. The van der Waals surface area contributed by atoms with Crippen LogP contribution in [0.4, 0.5) is 0 Å².